The molecule has 0 radical (unpaired) electrons. The lowest BCUT2D eigenvalue weighted by molar-refractivity contribution is -0.141. The van der Waals surface area contributed by atoms with Crippen LogP contribution < -0.4 is 0 Å². The van der Waals surface area contributed by atoms with E-state index in [0.717, 1.165) is 0 Å². The monoisotopic (exact) mass is 180 g/mol. The van der Waals surface area contributed by atoms with Crippen LogP contribution >= 0.6 is 12.0 Å². The van der Waals surface area contributed by atoms with Gasteiger partial charge in [0.1, 0.15) is 4.93 Å². The van der Waals surface area contributed by atoms with Crippen LogP contribution in [0.25, 0.3) is 0 Å². The van der Waals surface area contributed by atoms with Crippen molar-refractivity contribution >= 4 is 18.0 Å². The molecule has 0 heterocycles. The Morgan fingerprint density at radius 3 is 2.64 bits per heavy atom. The van der Waals surface area contributed by atoms with E-state index in [9.17, 15) is 9.90 Å². The number of ether oxygens (including phenoxy) is 1. The van der Waals surface area contributed by atoms with Crippen molar-refractivity contribution in [3.63, 3.8) is 0 Å². The molecule has 0 aliphatic rings. The van der Waals surface area contributed by atoms with Gasteiger partial charge in [-0.25, -0.2) is 0 Å². The zero-order valence-electron chi connectivity index (χ0n) is 6.53. The number of hydrogen-bond acceptors (Lipinski definition) is 5. The summed E-state index contributed by atoms with van der Waals surface area (Å²) in [5.74, 6) is -0.390. The zero-order valence-corrected chi connectivity index (χ0v) is 7.35. The van der Waals surface area contributed by atoms with Gasteiger partial charge in [-0.1, -0.05) is 0 Å². The molecule has 1 atom stereocenters. The van der Waals surface area contributed by atoms with Crippen LogP contribution in [-0.4, -0.2) is 27.7 Å². The van der Waals surface area contributed by atoms with Gasteiger partial charge in [0.25, 0.3) is 0 Å². The minimum absolute atomic E-state index is 0.108. The van der Waals surface area contributed by atoms with Crippen LogP contribution in [-0.2, 0) is 9.53 Å². The summed E-state index contributed by atoms with van der Waals surface area (Å²) >= 11 is 0.327. The number of hydrogen-bond donors (Lipinski definition) is 2. The summed E-state index contributed by atoms with van der Waals surface area (Å²) in [6, 6.07) is 0. The maximum atomic E-state index is 10.6. The lowest BCUT2D eigenvalue weighted by atomic mass is 10.2. The number of rotatable bonds is 4. The minimum Gasteiger partial charge on any atom is -0.469 e. The van der Waals surface area contributed by atoms with Crippen molar-refractivity contribution < 1.29 is 19.2 Å². The molecule has 4 nitrogen and oxygen atoms in total. The Morgan fingerprint density at radius 2 is 2.27 bits per heavy atom. The summed E-state index contributed by atoms with van der Waals surface area (Å²) in [5.41, 5.74) is 0. The third kappa shape index (κ3) is 5.06. The molecule has 11 heavy (non-hydrogen) atoms. The van der Waals surface area contributed by atoms with Gasteiger partial charge >= 0.3 is 5.97 Å². The molecule has 0 bridgehead atoms. The van der Waals surface area contributed by atoms with E-state index in [4.69, 9.17) is 4.55 Å². The maximum absolute atomic E-state index is 10.6. The van der Waals surface area contributed by atoms with Crippen molar-refractivity contribution in [3.8, 4) is 0 Å². The maximum Gasteiger partial charge on any atom is 0.305 e. The van der Waals surface area contributed by atoms with Crippen LogP contribution in [0, 0.1) is 0 Å². The first-order chi connectivity index (χ1) is 5.02. The molecule has 0 spiro atoms. The average Bonchev–Trinajstić information content (AvgIpc) is 2.00. The highest BCUT2D eigenvalue weighted by Crippen LogP contribution is 2.23. The van der Waals surface area contributed by atoms with Crippen molar-refractivity contribution in [1.82, 2.24) is 0 Å². The van der Waals surface area contributed by atoms with E-state index in [0.29, 0.717) is 12.0 Å². The van der Waals surface area contributed by atoms with Crippen molar-refractivity contribution in [2.45, 2.75) is 24.7 Å². The quantitative estimate of drug-likeness (QED) is 0.381. The first-order valence-electron chi connectivity index (χ1n) is 3.13. The summed E-state index contributed by atoms with van der Waals surface area (Å²) in [6.07, 6.45) is 0.290. The Hall–Kier alpha value is -0.260. The Bertz CT molecular complexity index is 135. The molecule has 0 amide bonds. The minimum atomic E-state index is -1.26. The molecule has 0 aromatic heterocycles. The highest BCUT2D eigenvalue weighted by molar-refractivity contribution is 7.94. The van der Waals surface area contributed by atoms with Crippen LogP contribution in [0.15, 0.2) is 0 Å². The number of methoxy groups -OCH3 is 1. The zero-order chi connectivity index (χ0) is 8.91. The second-order valence-electron chi connectivity index (χ2n) is 2.34. The Kier molecular flexibility index (Phi) is 4.48. The van der Waals surface area contributed by atoms with Crippen molar-refractivity contribution in [3.05, 3.63) is 0 Å². The molecule has 5 heteroatoms. The number of carbonyl (C=O) groups is 1. The summed E-state index contributed by atoms with van der Waals surface area (Å²) < 4.78 is 12.8. The number of esters is 1. The molecule has 0 aliphatic carbocycles. The average molecular weight is 180 g/mol. The molecule has 0 fully saturated rings. The van der Waals surface area contributed by atoms with E-state index in [2.05, 4.69) is 4.74 Å². The lowest BCUT2D eigenvalue weighted by Crippen LogP contribution is -2.20. The topological polar surface area (TPSA) is 66.8 Å². The molecule has 66 valence electrons. The van der Waals surface area contributed by atoms with Gasteiger partial charge in [0, 0.05) is 18.5 Å². The highest BCUT2D eigenvalue weighted by Gasteiger charge is 2.21. The van der Waals surface area contributed by atoms with E-state index in [1.165, 1.54) is 14.0 Å². The van der Waals surface area contributed by atoms with Crippen LogP contribution in [0.2, 0.25) is 0 Å². The molecular weight excluding hydrogens is 168 g/mol. The van der Waals surface area contributed by atoms with E-state index in [1.54, 1.807) is 0 Å². The molecule has 0 rings (SSSR count). The van der Waals surface area contributed by atoms with Gasteiger partial charge in [-0.05, 0) is 13.3 Å². The first-order valence-corrected chi connectivity index (χ1v) is 3.91. The summed E-state index contributed by atoms with van der Waals surface area (Å²) in [6.45, 7) is 1.43. The second kappa shape index (κ2) is 4.58. The lowest BCUT2D eigenvalue weighted by Gasteiger charge is -2.17. The van der Waals surface area contributed by atoms with E-state index in [1.807, 2.05) is 0 Å². The fourth-order valence-electron chi connectivity index (χ4n) is 0.482. The van der Waals surface area contributed by atoms with Gasteiger partial charge in [0.2, 0.25) is 0 Å². The molecule has 0 saturated carbocycles. The van der Waals surface area contributed by atoms with Crippen LogP contribution in [0.4, 0.5) is 0 Å². The van der Waals surface area contributed by atoms with Gasteiger partial charge in [0.05, 0.1) is 7.11 Å². The van der Waals surface area contributed by atoms with Crippen molar-refractivity contribution in [2.24, 2.45) is 0 Å². The van der Waals surface area contributed by atoms with E-state index >= 15 is 0 Å². The molecule has 0 aliphatic heterocycles. The third-order valence-electron chi connectivity index (χ3n) is 1.22. The fraction of sp³-hybridized carbons (Fsp3) is 0.833. The predicted molar refractivity (Wildman–Crippen MR) is 42.1 cm³/mol. The van der Waals surface area contributed by atoms with Crippen LogP contribution in [0.1, 0.15) is 19.8 Å². The largest absolute Gasteiger partial charge is 0.469 e. The van der Waals surface area contributed by atoms with Gasteiger partial charge < -0.3 is 14.4 Å². The Balaban J connectivity index is 3.61. The fourth-order valence-corrected chi connectivity index (χ4v) is 0.675. The molecule has 2 N–H and O–H groups in total. The molecule has 0 saturated heterocycles. The smallest absolute Gasteiger partial charge is 0.305 e. The molecular formula is C6H12O4S. The summed E-state index contributed by atoms with van der Waals surface area (Å²) in [7, 11) is 1.28. The Morgan fingerprint density at radius 1 is 1.73 bits per heavy atom. The van der Waals surface area contributed by atoms with Gasteiger partial charge in [-0.15, -0.1) is 0 Å². The molecule has 1 unspecified atom stereocenters. The van der Waals surface area contributed by atoms with Crippen molar-refractivity contribution in [1.29, 1.82) is 0 Å². The van der Waals surface area contributed by atoms with Crippen molar-refractivity contribution in [2.75, 3.05) is 7.11 Å². The van der Waals surface area contributed by atoms with Gasteiger partial charge in [-0.3, -0.25) is 4.79 Å². The SMILES string of the molecule is COC(=O)CCC(C)(O)SO. The third-order valence-corrected chi connectivity index (χ3v) is 1.81. The first kappa shape index (κ1) is 10.7. The predicted octanol–water partition coefficient (Wildman–Crippen LogP) is 0.854. The Labute approximate surface area is 69.8 Å². The van der Waals surface area contributed by atoms with Crippen LogP contribution in [0.5, 0.6) is 0 Å². The summed E-state index contributed by atoms with van der Waals surface area (Å²) in [4.78, 5) is 9.29. The van der Waals surface area contributed by atoms with Gasteiger partial charge in [0.15, 0.2) is 0 Å². The van der Waals surface area contributed by atoms with E-state index in [-0.39, 0.29) is 18.8 Å². The van der Waals surface area contributed by atoms with Crippen LogP contribution in [0.3, 0.4) is 0 Å². The highest BCUT2D eigenvalue weighted by atomic mass is 32.2. The second-order valence-corrected chi connectivity index (χ2v) is 3.40. The summed E-state index contributed by atoms with van der Waals surface area (Å²) in [5, 5.41) is 9.17. The normalized spacial score (nSPS) is 15.6. The molecule has 0 aromatic carbocycles. The standard InChI is InChI=1S/C6H12O4S/c1-6(8,11-9)4-3-5(7)10-2/h8-9H,3-4H2,1-2H3. The number of aliphatic hydroxyl groups is 1. The molecule has 0 aromatic rings. The van der Waals surface area contributed by atoms with E-state index < -0.39 is 4.93 Å². The number of carbonyl (C=O) groups excluding carboxylic acids is 1. The van der Waals surface area contributed by atoms with Gasteiger partial charge in [-0.2, -0.15) is 0 Å².